The Kier molecular flexibility index (Phi) is 7.19. The number of aromatic nitrogens is 2. The zero-order chi connectivity index (χ0) is 26.0. The smallest absolute Gasteiger partial charge is 0.262 e. The molecule has 0 saturated heterocycles. The van der Waals surface area contributed by atoms with Crippen LogP contribution in [0.25, 0.3) is 21.1 Å². The number of carbonyl (C=O) groups excluding carboxylic acids is 1. The van der Waals surface area contributed by atoms with Gasteiger partial charge in [0.2, 0.25) is 5.91 Å². The first-order valence-corrected chi connectivity index (χ1v) is 13.7. The maximum absolute atomic E-state index is 12.5. The Bertz CT molecular complexity index is 1500. The van der Waals surface area contributed by atoms with E-state index in [1.807, 2.05) is 38.1 Å². The molecule has 1 aliphatic carbocycles. The molecule has 2 aromatic carbocycles. The van der Waals surface area contributed by atoms with Crippen molar-refractivity contribution in [2.24, 2.45) is 4.40 Å². The van der Waals surface area contributed by atoms with Gasteiger partial charge in [-0.15, -0.1) is 10.2 Å². The molecule has 0 aliphatic heterocycles. The highest BCUT2D eigenvalue weighted by Crippen LogP contribution is 2.37. The maximum atomic E-state index is 12.5. The number of hydrogen-bond acceptors (Lipinski definition) is 8. The normalized spacial score (nSPS) is 14.1. The Morgan fingerprint density at radius 3 is 2.58 bits per heavy atom. The van der Waals surface area contributed by atoms with Gasteiger partial charge in [0.1, 0.15) is 27.6 Å². The summed E-state index contributed by atoms with van der Waals surface area (Å²) in [5.41, 5.74) is 4.19. The first-order valence-electron chi connectivity index (χ1n) is 11.3. The number of amides is 1. The van der Waals surface area contributed by atoms with Crippen molar-refractivity contribution in [3.8, 4) is 33.0 Å². The number of rotatable bonds is 7. The van der Waals surface area contributed by atoms with E-state index in [0.29, 0.717) is 39.9 Å². The van der Waals surface area contributed by atoms with Crippen LogP contribution in [0.5, 0.6) is 5.75 Å². The molecule has 1 aromatic heterocycles. The molecule has 0 bridgehead atoms. The average molecular weight is 524 g/mol. The van der Waals surface area contributed by atoms with Gasteiger partial charge in [-0.25, -0.2) is 8.42 Å². The second kappa shape index (κ2) is 10.2. The minimum absolute atomic E-state index is 0.0480. The predicted octanol–water partition coefficient (Wildman–Crippen LogP) is 3.68. The fraction of sp³-hybridized carbons (Fsp3) is 0.320. The van der Waals surface area contributed by atoms with Gasteiger partial charge >= 0.3 is 0 Å². The zero-order valence-corrected chi connectivity index (χ0v) is 22.0. The van der Waals surface area contributed by atoms with Crippen LogP contribution >= 0.6 is 11.3 Å². The molecule has 1 heterocycles. The molecule has 9 nitrogen and oxygen atoms in total. The number of carbonyl (C=O) groups is 1. The van der Waals surface area contributed by atoms with Crippen LogP contribution in [0.3, 0.4) is 0 Å². The fourth-order valence-electron chi connectivity index (χ4n) is 3.84. The van der Waals surface area contributed by atoms with E-state index in [1.54, 1.807) is 12.1 Å². The third-order valence-corrected chi connectivity index (χ3v) is 7.63. The molecule has 1 amide bonds. The molecule has 0 spiro atoms. The third kappa shape index (κ3) is 5.45. The van der Waals surface area contributed by atoms with Crippen LogP contribution in [0, 0.1) is 11.3 Å². The molecule has 0 unspecified atom stereocenters. The second-order valence-corrected chi connectivity index (χ2v) is 11.4. The van der Waals surface area contributed by atoms with E-state index in [0.717, 1.165) is 22.3 Å². The van der Waals surface area contributed by atoms with Gasteiger partial charge in [-0.3, -0.25) is 4.79 Å². The lowest BCUT2D eigenvalue weighted by molar-refractivity contribution is -0.125. The number of nitriles is 1. The number of hydrogen-bond donors (Lipinski definition) is 0. The summed E-state index contributed by atoms with van der Waals surface area (Å²) in [7, 11) is -0.930. The highest BCUT2D eigenvalue weighted by Gasteiger charge is 2.26. The van der Waals surface area contributed by atoms with Crippen molar-refractivity contribution in [1.29, 1.82) is 5.26 Å². The Balaban J connectivity index is 1.64. The monoisotopic (exact) mass is 523 g/mol. The Labute approximate surface area is 214 Å². The Morgan fingerprint density at radius 1 is 1.17 bits per heavy atom. The summed E-state index contributed by atoms with van der Waals surface area (Å²) in [6, 6.07) is 13.1. The molecule has 0 N–H and O–H groups in total. The van der Waals surface area contributed by atoms with E-state index in [1.165, 1.54) is 30.3 Å². The van der Waals surface area contributed by atoms with E-state index >= 15 is 0 Å². The molecule has 0 saturated carbocycles. The molecular formula is C25H25N5O4S2. The van der Waals surface area contributed by atoms with Crippen molar-refractivity contribution >= 4 is 33.0 Å². The predicted molar refractivity (Wildman–Crippen MR) is 139 cm³/mol. The second-order valence-electron chi connectivity index (χ2n) is 8.79. The number of ether oxygens (including phenoxy) is 1. The van der Waals surface area contributed by atoms with Crippen LogP contribution in [0.15, 0.2) is 40.8 Å². The summed E-state index contributed by atoms with van der Waals surface area (Å²) in [6.07, 6.45) is 1.01. The van der Waals surface area contributed by atoms with Crippen LogP contribution in [-0.2, 0) is 21.2 Å². The van der Waals surface area contributed by atoms with Gasteiger partial charge < -0.3 is 9.64 Å². The summed E-state index contributed by atoms with van der Waals surface area (Å²) in [5, 5.41) is 19.6. The van der Waals surface area contributed by atoms with E-state index in [9.17, 15) is 18.5 Å². The van der Waals surface area contributed by atoms with Gasteiger partial charge in [0, 0.05) is 30.8 Å². The molecule has 0 radical (unpaired) electrons. The maximum Gasteiger partial charge on any atom is 0.262 e. The first-order chi connectivity index (χ1) is 17.1. The fourth-order valence-corrected chi connectivity index (χ4v) is 5.89. The van der Waals surface area contributed by atoms with E-state index in [4.69, 9.17) is 4.74 Å². The minimum atomic E-state index is -3.94. The highest BCUT2D eigenvalue weighted by atomic mass is 32.2. The van der Waals surface area contributed by atoms with Gasteiger partial charge in [-0.1, -0.05) is 29.5 Å². The molecule has 186 valence electrons. The summed E-state index contributed by atoms with van der Waals surface area (Å²) < 4.78 is 34.6. The van der Waals surface area contributed by atoms with Gasteiger partial charge in [0.25, 0.3) is 10.0 Å². The highest BCUT2D eigenvalue weighted by molar-refractivity contribution is 7.91. The SMILES string of the molecule is CC(C)Oc1ccc(-c2nnc(-c3cccc4c3CCC4=NS(=O)(=O)CC(=O)N(C)C)s2)cc1C#N. The van der Waals surface area contributed by atoms with Crippen molar-refractivity contribution < 1.29 is 17.9 Å². The quantitative estimate of drug-likeness (QED) is 0.462. The van der Waals surface area contributed by atoms with E-state index in [-0.39, 0.29) is 6.10 Å². The van der Waals surface area contributed by atoms with Gasteiger partial charge in [-0.2, -0.15) is 9.66 Å². The lowest BCUT2D eigenvalue weighted by Gasteiger charge is -2.11. The Hall–Kier alpha value is -3.62. The summed E-state index contributed by atoms with van der Waals surface area (Å²) in [4.78, 5) is 13.1. The molecule has 0 fully saturated rings. The molecular weight excluding hydrogens is 498 g/mol. The lowest BCUT2D eigenvalue weighted by Crippen LogP contribution is -2.28. The topological polar surface area (TPSA) is 126 Å². The van der Waals surface area contributed by atoms with Gasteiger partial charge in [-0.05, 0) is 50.5 Å². The van der Waals surface area contributed by atoms with Crippen molar-refractivity contribution in [2.45, 2.75) is 32.8 Å². The number of sulfonamides is 1. The lowest BCUT2D eigenvalue weighted by atomic mass is 10.0. The number of benzene rings is 2. The number of fused-ring (bicyclic) bond motifs is 1. The average Bonchev–Trinajstić information content (AvgIpc) is 3.46. The first kappa shape index (κ1) is 25.5. The van der Waals surface area contributed by atoms with Crippen molar-refractivity contribution in [3.63, 3.8) is 0 Å². The zero-order valence-electron chi connectivity index (χ0n) is 20.3. The van der Waals surface area contributed by atoms with Crippen LogP contribution in [0.1, 0.15) is 37.0 Å². The van der Waals surface area contributed by atoms with Crippen LogP contribution < -0.4 is 4.74 Å². The van der Waals surface area contributed by atoms with Crippen LogP contribution in [-0.4, -0.2) is 61.1 Å². The summed E-state index contributed by atoms with van der Waals surface area (Å²) in [6.45, 7) is 3.80. The van der Waals surface area contributed by atoms with E-state index in [2.05, 4.69) is 20.7 Å². The molecule has 11 heteroatoms. The summed E-state index contributed by atoms with van der Waals surface area (Å²) in [5.74, 6) is -0.656. The van der Waals surface area contributed by atoms with Crippen LogP contribution in [0.4, 0.5) is 0 Å². The molecule has 4 rings (SSSR count). The van der Waals surface area contributed by atoms with Crippen molar-refractivity contribution in [1.82, 2.24) is 15.1 Å². The van der Waals surface area contributed by atoms with Gasteiger partial charge in [0.15, 0.2) is 0 Å². The molecule has 36 heavy (non-hydrogen) atoms. The molecule has 1 aliphatic rings. The van der Waals surface area contributed by atoms with Crippen molar-refractivity contribution in [2.75, 3.05) is 19.8 Å². The van der Waals surface area contributed by atoms with E-state index < -0.39 is 21.7 Å². The minimum Gasteiger partial charge on any atom is -0.490 e. The summed E-state index contributed by atoms with van der Waals surface area (Å²) >= 11 is 1.39. The largest absolute Gasteiger partial charge is 0.490 e. The standard InChI is InChI=1S/C25H25N5O4S2/c1-15(2)34-22-11-8-16(12-17(22)13-26)24-27-28-25(35-24)20-7-5-6-19-18(20)9-10-21(19)29-36(32,33)14-23(31)30(3)4/h5-8,11-12,15H,9-10,14H2,1-4H3. The molecule has 3 aromatic rings. The van der Waals surface area contributed by atoms with Gasteiger partial charge in [0.05, 0.1) is 17.4 Å². The molecule has 0 atom stereocenters. The Morgan fingerprint density at radius 2 is 1.89 bits per heavy atom. The third-order valence-electron chi connectivity index (χ3n) is 5.52. The van der Waals surface area contributed by atoms with Crippen LogP contribution in [0.2, 0.25) is 0 Å². The van der Waals surface area contributed by atoms with Crippen molar-refractivity contribution in [3.05, 3.63) is 53.1 Å². The number of nitrogens with zero attached hydrogens (tertiary/aromatic N) is 5.